The average Bonchev–Trinajstić information content (AvgIpc) is 2.15. The Bertz CT molecular complexity index is 191. The molecule has 0 atom stereocenters. The van der Waals surface area contributed by atoms with Crippen molar-refractivity contribution in [1.29, 1.82) is 0 Å². The molecule has 0 saturated carbocycles. The summed E-state index contributed by atoms with van der Waals surface area (Å²) in [6.07, 6.45) is 8.47. The molecule has 0 bridgehead atoms. The summed E-state index contributed by atoms with van der Waals surface area (Å²) >= 11 is 9.85. The highest BCUT2D eigenvalue weighted by atomic mass is 32.1. The molecule has 88 valence electrons. The van der Waals surface area contributed by atoms with E-state index in [-0.39, 0.29) is 5.92 Å². The summed E-state index contributed by atoms with van der Waals surface area (Å²) in [5, 5.41) is 0. The van der Waals surface area contributed by atoms with E-state index in [1.54, 1.807) is 0 Å². The van der Waals surface area contributed by atoms with Crippen molar-refractivity contribution in [3.63, 3.8) is 0 Å². The van der Waals surface area contributed by atoms with Gasteiger partial charge in [0.05, 0.1) is 15.9 Å². The van der Waals surface area contributed by atoms with E-state index in [1.807, 2.05) is 0 Å². The van der Waals surface area contributed by atoms with E-state index in [0.29, 0.717) is 9.98 Å². The Labute approximate surface area is 104 Å². The van der Waals surface area contributed by atoms with Crippen molar-refractivity contribution in [1.82, 2.24) is 0 Å². The van der Waals surface area contributed by atoms with E-state index in [9.17, 15) is 0 Å². The van der Waals surface area contributed by atoms with Crippen molar-refractivity contribution < 1.29 is 0 Å². The maximum absolute atomic E-state index is 5.56. The van der Waals surface area contributed by atoms with Gasteiger partial charge in [-0.15, -0.1) is 0 Å². The van der Waals surface area contributed by atoms with Crippen LogP contribution < -0.4 is 11.5 Å². The molecule has 0 aliphatic rings. The smallest absolute Gasteiger partial charge is 0.0827 e. The van der Waals surface area contributed by atoms with Crippen LogP contribution in [0.3, 0.4) is 0 Å². The number of thiocarbonyl (C=S) groups is 2. The van der Waals surface area contributed by atoms with Crippen molar-refractivity contribution in [2.45, 2.75) is 51.9 Å². The second kappa shape index (κ2) is 9.04. The molecular weight excluding hydrogens is 224 g/mol. The predicted molar refractivity (Wildman–Crippen MR) is 75.1 cm³/mol. The van der Waals surface area contributed by atoms with Gasteiger partial charge in [0.25, 0.3) is 0 Å². The highest BCUT2D eigenvalue weighted by molar-refractivity contribution is 7.82. The first-order valence-electron chi connectivity index (χ1n) is 5.68. The van der Waals surface area contributed by atoms with Gasteiger partial charge >= 0.3 is 0 Å². The van der Waals surface area contributed by atoms with Crippen molar-refractivity contribution in [3.05, 3.63) is 0 Å². The van der Waals surface area contributed by atoms with Gasteiger partial charge in [-0.05, 0) is 6.42 Å². The fourth-order valence-electron chi connectivity index (χ4n) is 1.55. The third kappa shape index (κ3) is 7.68. The van der Waals surface area contributed by atoms with Crippen molar-refractivity contribution in [2.75, 3.05) is 0 Å². The van der Waals surface area contributed by atoms with Gasteiger partial charge < -0.3 is 11.5 Å². The molecule has 4 heteroatoms. The van der Waals surface area contributed by atoms with Gasteiger partial charge in [0.1, 0.15) is 0 Å². The van der Waals surface area contributed by atoms with Gasteiger partial charge in [0, 0.05) is 0 Å². The molecule has 0 heterocycles. The van der Waals surface area contributed by atoms with E-state index in [0.717, 1.165) is 12.8 Å². The average molecular weight is 246 g/mol. The number of hydrogen-bond acceptors (Lipinski definition) is 2. The Kier molecular flexibility index (Phi) is 8.91. The van der Waals surface area contributed by atoms with E-state index in [2.05, 4.69) is 6.92 Å². The number of nitrogens with two attached hydrogens (primary N) is 2. The fourth-order valence-corrected chi connectivity index (χ4v) is 2.12. The Hall–Kier alpha value is -0.220. The van der Waals surface area contributed by atoms with Crippen LogP contribution in [0.15, 0.2) is 0 Å². The van der Waals surface area contributed by atoms with Crippen LogP contribution in [0.1, 0.15) is 51.9 Å². The first-order valence-corrected chi connectivity index (χ1v) is 6.49. The zero-order valence-corrected chi connectivity index (χ0v) is 11.1. The van der Waals surface area contributed by atoms with Crippen LogP contribution in [0, 0.1) is 5.92 Å². The molecule has 4 N–H and O–H groups in total. The molecule has 2 nitrogen and oxygen atoms in total. The Morgan fingerprint density at radius 3 is 1.87 bits per heavy atom. The summed E-state index contributed by atoms with van der Waals surface area (Å²) in [4.78, 5) is 0.882. The Morgan fingerprint density at radius 2 is 1.40 bits per heavy atom. The SMILES string of the molecule is CCCCCCCCC(C(N)=S)C(N)=S. The standard InChI is InChI=1S/C11H22N2S2/c1-2-3-4-5-6-7-8-9(10(12)14)11(13)15/h9H,2-8H2,1H3,(H2,12,14)(H2,13,15). The molecule has 0 fully saturated rings. The fraction of sp³-hybridized carbons (Fsp3) is 0.818. The first-order chi connectivity index (χ1) is 7.09. The molecule has 0 rings (SSSR count). The van der Waals surface area contributed by atoms with Gasteiger partial charge in [-0.2, -0.15) is 0 Å². The lowest BCUT2D eigenvalue weighted by Crippen LogP contribution is -2.32. The van der Waals surface area contributed by atoms with E-state index in [4.69, 9.17) is 35.9 Å². The molecule has 15 heavy (non-hydrogen) atoms. The van der Waals surface area contributed by atoms with Gasteiger partial charge in [-0.3, -0.25) is 0 Å². The van der Waals surface area contributed by atoms with Gasteiger partial charge in [0.2, 0.25) is 0 Å². The number of unbranched alkanes of at least 4 members (excludes halogenated alkanes) is 5. The molecule has 0 aliphatic heterocycles. The third-order valence-electron chi connectivity index (χ3n) is 2.53. The lowest BCUT2D eigenvalue weighted by atomic mass is 10.0. The predicted octanol–water partition coefficient (Wildman–Crippen LogP) is 2.93. The van der Waals surface area contributed by atoms with Crippen molar-refractivity contribution in [2.24, 2.45) is 17.4 Å². The molecule has 0 aliphatic carbocycles. The molecule has 0 amide bonds. The number of rotatable bonds is 9. The normalized spacial score (nSPS) is 10.5. The summed E-state index contributed by atoms with van der Waals surface area (Å²) in [6.45, 7) is 2.22. The highest BCUT2D eigenvalue weighted by Gasteiger charge is 2.13. The Morgan fingerprint density at radius 1 is 0.933 bits per heavy atom. The molecule has 0 unspecified atom stereocenters. The zero-order chi connectivity index (χ0) is 11.7. The zero-order valence-electron chi connectivity index (χ0n) is 9.50. The van der Waals surface area contributed by atoms with Crippen LogP contribution in [-0.2, 0) is 0 Å². The minimum Gasteiger partial charge on any atom is -0.393 e. The van der Waals surface area contributed by atoms with Gasteiger partial charge in [-0.1, -0.05) is 69.9 Å². The second-order valence-electron chi connectivity index (χ2n) is 3.91. The maximum Gasteiger partial charge on any atom is 0.0827 e. The quantitative estimate of drug-likeness (QED) is 0.485. The molecule has 0 aromatic rings. The minimum atomic E-state index is -0.0406. The van der Waals surface area contributed by atoms with Crippen molar-refractivity contribution in [3.8, 4) is 0 Å². The van der Waals surface area contributed by atoms with Crippen LogP contribution >= 0.6 is 24.4 Å². The van der Waals surface area contributed by atoms with Crippen LogP contribution in [0.4, 0.5) is 0 Å². The molecular formula is C11H22N2S2. The monoisotopic (exact) mass is 246 g/mol. The molecule has 0 aromatic heterocycles. The summed E-state index contributed by atoms with van der Waals surface area (Å²) in [5.74, 6) is -0.0406. The largest absolute Gasteiger partial charge is 0.393 e. The van der Waals surface area contributed by atoms with Crippen molar-refractivity contribution >= 4 is 34.4 Å². The van der Waals surface area contributed by atoms with Crippen LogP contribution in [0.5, 0.6) is 0 Å². The highest BCUT2D eigenvalue weighted by Crippen LogP contribution is 2.13. The summed E-state index contributed by atoms with van der Waals surface area (Å²) in [6, 6.07) is 0. The van der Waals surface area contributed by atoms with E-state index >= 15 is 0 Å². The minimum absolute atomic E-state index is 0.0406. The van der Waals surface area contributed by atoms with E-state index in [1.165, 1.54) is 32.1 Å². The van der Waals surface area contributed by atoms with Gasteiger partial charge in [-0.25, -0.2) is 0 Å². The summed E-state index contributed by atoms with van der Waals surface area (Å²) in [7, 11) is 0. The lowest BCUT2D eigenvalue weighted by Gasteiger charge is -2.13. The maximum atomic E-state index is 5.56. The topological polar surface area (TPSA) is 52.0 Å². The van der Waals surface area contributed by atoms with E-state index < -0.39 is 0 Å². The van der Waals surface area contributed by atoms with Crippen LogP contribution in [-0.4, -0.2) is 9.98 Å². The Balaban J connectivity index is 3.55. The van der Waals surface area contributed by atoms with Crippen LogP contribution in [0.25, 0.3) is 0 Å². The lowest BCUT2D eigenvalue weighted by molar-refractivity contribution is 0.580. The summed E-state index contributed by atoms with van der Waals surface area (Å²) < 4.78 is 0. The molecule has 0 aromatic carbocycles. The third-order valence-corrected chi connectivity index (χ3v) is 3.10. The molecule has 0 saturated heterocycles. The first kappa shape index (κ1) is 14.8. The van der Waals surface area contributed by atoms with Gasteiger partial charge in [0.15, 0.2) is 0 Å². The molecule has 0 spiro atoms. The molecule has 0 radical (unpaired) electrons. The number of hydrogen-bond donors (Lipinski definition) is 2. The summed E-state index contributed by atoms with van der Waals surface area (Å²) in [5.41, 5.74) is 11.1. The second-order valence-corrected chi connectivity index (χ2v) is 4.86. The van der Waals surface area contributed by atoms with Crippen LogP contribution in [0.2, 0.25) is 0 Å².